The van der Waals surface area contributed by atoms with E-state index >= 15 is 0 Å². The zero-order valence-electron chi connectivity index (χ0n) is 10.3. The van der Waals surface area contributed by atoms with Crippen LogP contribution in [0.25, 0.3) is 0 Å². The Morgan fingerprint density at radius 1 is 1.53 bits per heavy atom. The van der Waals surface area contributed by atoms with Gasteiger partial charge >= 0.3 is 5.69 Å². The fourth-order valence-corrected chi connectivity index (χ4v) is 2.46. The molecule has 0 saturated carbocycles. The van der Waals surface area contributed by atoms with E-state index in [-0.39, 0.29) is 29.4 Å². The molecule has 8 heteroatoms. The number of hydrogen-bond donors (Lipinski definition) is 1. The average molecular weight is 287 g/mol. The number of aliphatic hydroxyl groups excluding tert-OH is 1. The van der Waals surface area contributed by atoms with Gasteiger partial charge in [0.25, 0.3) is 0 Å². The Bertz CT molecular complexity index is 471. The van der Waals surface area contributed by atoms with Crippen molar-refractivity contribution >= 4 is 23.1 Å². The summed E-state index contributed by atoms with van der Waals surface area (Å²) in [5.41, 5.74) is -0.176. The van der Waals surface area contributed by atoms with E-state index in [0.29, 0.717) is 6.54 Å². The molecular weight excluding hydrogens is 272 g/mol. The van der Waals surface area contributed by atoms with Crippen LogP contribution >= 0.6 is 11.6 Å². The lowest BCUT2D eigenvalue weighted by Gasteiger charge is -2.29. The summed E-state index contributed by atoms with van der Waals surface area (Å²) >= 11 is 5.74. The highest BCUT2D eigenvalue weighted by molar-refractivity contribution is 6.28. The van der Waals surface area contributed by atoms with E-state index in [4.69, 9.17) is 11.6 Å². The maximum atomic E-state index is 11.0. The van der Waals surface area contributed by atoms with Crippen molar-refractivity contribution in [3.8, 4) is 0 Å². The largest absolute Gasteiger partial charge is 0.394 e. The lowest BCUT2D eigenvalue weighted by Crippen LogP contribution is -2.38. The summed E-state index contributed by atoms with van der Waals surface area (Å²) in [6.45, 7) is 0.568. The van der Waals surface area contributed by atoms with Gasteiger partial charge in [0.2, 0.25) is 11.1 Å². The highest BCUT2D eigenvalue weighted by atomic mass is 35.5. The van der Waals surface area contributed by atoms with Gasteiger partial charge in [0, 0.05) is 6.54 Å². The maximum absolute atomic E-state index is 11.0. The van der Waals surface area contributed by atoms with Crippen LogP contribution in [0, 0.1) is 10.1 Å². The van der Waals surface area contributed by atoms with Crippen molar-refractivity contribution in [3.05, 3.63) is 21.6 Å². The van der Waals surface area contributed by atoms with E-state index in [1.165, 1.54) is 0 Å². The Kier molecular flexibility index (Phi) is 4.49. The van der Waals surface area contributed by atoms with Crippen molar-refractivity contribution in [2.45, 2.75) is 31.7 Å². The topological polar surface area (TPSA) is 92.4 Å². The molecule has 1 aliphatic heterocycles. The molecule has 1 saturated heterocycles. The van der Waals surface area contributed by atoms with Crippen LogP contribution < -0.4 is 4.90 Å². The van der Waals surface area contributed by atoms with Crippen LogP contribution in [-0.2, 0) is 0 Å². The van der Waals surface area contributed by atoms with Crippen LogP contribution in [0.4, 0.5) is 11.5 Å². The second-order valence-electron chi connectivity index (χ2n) is 4.48. The number of halogens is 1. The lowest BCUT2D eigenvalue weighted by atomic mass is 10.1. The lowest BCUT2D eigenvalue weighted by molar-refractivity contribution is -0.384. The van der Waals surface area contributed by atoms with Crippen LogP contribution in [0.3, 0.4) is 0 Å². The van der Waals surface area contributed by atoms with Gasteiger partial charge < -0.3 is 10.0 Å². The molecule has 0 amide bonds. The molecule has 2 rings (SSSR count). The number of anilines is 1. The molecule has 0 radical (unpaired) electrons. The summed E-state index contributed by atoms with van der Waals surface area (Å²) in [5, 5.41) is 20.5. The average Bonchev–Trinajstić information content (AvgIpc) is 2.63. The quantitative estimate of drug-likeness (QED) is 0.517. The van der Waals surface area contributed by atoms with Gasteiger partial charge in [0.1, 0.15) is 6.20 Å². The molecule has 0 aromatic carbocycles. The van der Waals surface area contributed by atoms with E-state index in [0.717, 1.165) is 31.9 Å². The molecule has 1 aromatic rings. The molecule has 2 heterocycles. The third-order valence-corrected chi connectivity index (χ3v) is 3.46. The fraction of sp³-hybridized carbons (Fsp3) is 0.636. The van der Waals surface area contributed by atoms with Gasteiger partial charge in [-0.15, -0.1) is 0 Å². The third-order valence-electron chi connectivity index (χ3n) is 3.28. The number of hydrogen-bond acceptors (Lipinski definition) is 6. The molecule has 1 atom stereocenters. The summed E-state index contributed by atoms with van der Waals surface area (Å²) in [6, 6.07) is -0.160. The second kappa shape index (κ2) is 6.12. The Morgan fingerprint density at radius 2 is 2.32 bits per heavy atom. The molecule has 104 valence electrons. The standard InChI is InChI=1S/C11H15ClN4O3/c12-11-13-6-9(16(18)19)10(14-11)15-5-3-1-2-4-8(15)7-17/h6,8,17H,1-5,7H2. The van der Waals surface area contributed by atoms with E-state index in [9.17, 15) is 15.2 Å². The molecule has 1 unspecified atom stereocenters. The minimum Gasteiger partial charge on any atom is -0.394 e. The summed E-state index contributed by atoms with van der Waals surface area (Å²) in [5.74, 6) is 0.200. The maximum Gasteiger partial charge on any atom is 0.329 e. The number of nitrogens with zero attached hydrogens (tertiary/aromatic N) is 4. The zero-order valence-corrected chi connectivity index (χ0v) is 11.1. The molecular formula is C11H15ClN4O3. The Balaban J connectivity index is 2.42. The van der Waals surface area contributed by atoms with Crippen LogP contribution in [0.1, 0.15) is 25.7 Å². The summed E-state index contributed by atoms with van der Waals surface area (Å²) < 4.78 is 0. The fourth-order valence-electron chi connectivity index (χ4n) is 2.33. The van der Waals surface area contributed by atoms with E-state index in [1.807, 2.05) is 0 Å². The first-order valence-corrected chi connectivity index (χ1v) is 6.55. The minimum atomic E-state index is -0.523. The number of rotatable bonds is 3. The van der Waals surface area contributed by atoms with Crippen molar-refractivity contribution in [3.63, 3.8) is 0 Å². The summed E-state index contributed by atoms with van der Waals surface area (Å²) in [7, 11) is 0. The molecule has 0 bridgehead atoms. The molecule has 1 aliphatic rings. The van der Waals surface area contributed by atoms with Crippen molar-refractivity contribution in [1.82, 2.24) is 9.97 Å². The van der Waals surface area contributed by atoms with Crippen LogP contribution in [0.5, 0.6) is 0 Å². The van der Waals surface area contributed by atoms with E-state index in [1.54, 1.807) is 4.90 Å². The molecule has 1 N–H and O–H groups in total. The van der Waals surface area contributed by atoms with Gasteiger partial charge in [-0.3, -0.25) is 10.1 Å². The molecule has 0 aliphatic carbocycles. The van der Waals surface area contributed by atoms with Crippen LogP contribution in [0.15, 0.2) is 6.20 Å². The van der Waals surface area contributed by atoms with E-state index < -0.39 is 4.92 Å². The van der Waals surface area contributed by atoms with Crippen molar-refractivity contribution in [2.75, 3.05) is 18.1 Å². The van der Waals surface area contributed by atoms with Gasteiger partial charge in [-0.1, -0.05) is 12.8 Å². The number of aliphatic hydroxyl groups is 1. The summed E-state index contributed by atoms with van der Waals surface area (Å²) in [6.07, 6.45) is 4.85. The second-order valence-corrected chi connectivity index (χ2v) is 4.82. The molecule has 1 fully saturated rings. The predicted octanol–water partition coefficient (Wildman–Crippen LogP) is 1.78. The Hall–Kier alpha value is -1.47. The Morgan fingerprint density at radius 3 is 3.00 bits per heavy atom. The highest BCUT2D eigenvalue weighted by Crippen LogP contribution is 2.30. The first-order valence-electron chi connectivity index (χ1n) is 6.18. The van der Waals surface area contributed by atoms with Crippen LogP contribution in [-0.4, -0.2) is 39.2 Å². The highest BCUT2D eigenvalue weighted by Gasteiger charge is 2.28. The number of nitro groups is 1. The number of aromatic nitrogens is 2. The van der Waals surface area contributed by atoms with Gasteiger partial charge in [0.15, 0.2) is 0 Å². The van der Waals surface area contributed by atoms with Gasteiger partial charge in [-0.25, -0.2) is 4.98 Å². The summed E-state index contributed by atoms with van der Waals surface area (Å²) in [4.78, 5) is 19.9. The van der Waals surface area contributed by atoms with Crippen molar-refractivity contribution < 1.29 is 10.0 Å². The third kappa shape index (κ3) is 3.10. The normalized spacial score (nSPS) is 20.1. The first-order chi connectivity index (χ1) is 9.13. The van der Waals surface area contributed by atoms with Crippen molar-refractivity contribution in [1.29, 1.82) is 0 Å². The van der Waals surface area contributed by atoms with Crippen LogP contribution in [0.2, 0.25) is 5.28 Å². The van der Waals surface area contributed by atoms with Crippen molar-refractivity contribution in [2.24, 2.45) is 0 Å². The first kappa shape index (κ1) is 14.0. The van der Waals surface area contributed by atoms with Gasteiger partial charge in [0.05, 0.1) is 17.6 Å². The monoisotopic (exact) mass is 286 g/mol. The molecule has 0 spiro atoms. The van der Waals surface area contributed by atoms with Gasteiger partial charge in [-0.2, -0.15) is 4.98 Å². The van der Waals surface area contributed by atoms with Gasteiger partial charge in [-0.05, 0) is 24.4 Å². The SMILES string of the molecule is O=[N+]([O-])c1cnc(Cl)nc1N1CCCCCC1CO. The zero-order chi connectivity index (χ0) is 13.8. The molecule has 1 aromatic heterocycles. The smallest absolute Gasteiger partial charge is 0.329 e. The predicted molar refractivity (Wildman–Crippen MR) is 70.4 cm³/mol. The van der Waals surface area contributed by atoms with E-state index in [2.05, 4.69) is 9.97 Å². The molecule has 7 nitrogen and oxygen atoms in total. The molecule has 19 heavy (non-hydrogen) atoms. The minimum absolute atomic E-state index is 0.0264. The Labute approximate surface area is 115 Å².